The van der Waals surface area contributed by atoms with Gasteiger partial charge >= 0.3 is 0 Å². The minimum atomic E-state index is -1.07. The van der Waals surface area contributed by atoms with Gasteiger partial charge in [0.05, 0.1) is 11.9 Å². The van der Waals surface area contributed by atoms with Crippen molar-refractivity contribution in [3.05, 3.63) is 18.5 Å². The Bertz CT molecular complexity index is 226. The molecule has 0 aliphatic carbocycles. The molecule has 0 saturated heterocycles. The molecule has 0 aliphatic heterocycles. The molecule has 5 heteroatoms. The van der Waals surface area contributed by atoms with E-state index in [-0.39, 0.29) is 11.4 Å². The first-order valence-corrected chi connectivity index (χ1v) is 2.53. The molecule has 1 rings (SSSR count). The Balaban J connectivity index is 3.03. The lowest BCUT2D eigenvalue weighted by atomic mass is 10.4. The summed E-state index contributed by atoms with van der Waals surface area (Å²) in [5, 5.41) is -1.07. The molecule has 0 aromatic carbocycles. The predicted octanol–water partition coefficient (Wildman–Crippen LogP) is 1.24. The van der Waals surface area contributed by atoms with E-state index in [0.29, 0.717) is 0 Å². The maximum Gasteiger partial charge on any atom is 0.146 e. The number of nitrogens with two attached hydrogens (primary N) is 1. The molecule has 54 valence electrons. The van der Waals surface area contributed by atoms with Crippen molar-refractivity contribution >= 4 is 11.4 Å². The number of rotatable bonds is 1. The summed E-state index contributed by atoms with van der Waals surface area (Å²) in [6, 6.07) is 1.31. The third-order valence-corrected chi connectivity index (χ3v) is 1.01. The molecule has 1 aromatic rings. The summed E-state index contributed by atoms with van der Waals surface area (Å²) in [6.45, 7) is 0. The van der Waals surface area contributed by atoms with E-state index < -0.39 is 5.34 Å². The van der Waals surface area contributed by atoms with E-state index in [4.69, 9.17) is 5.73 Å². The van der Waals surface area contributed by atoms with Crippen molar-refractivity contribution in [2.24, 2.45) is 0 Å². The SMILES string of the molecule is Nc1ccncc1N(F)F. The van der Waals surface area contributed by atoms with Gasteiger partial charge in [-0.25, -0.2) is 0 Å². The van der Waals surface area contributed by atoms with Gasteiger partial charge in [0.15, 0.2) is 0 Å². The summed E-state index contributed by atoms with van der Waals surface area (Å²) in [4.78, 5) is 3.47. The minimum Gasteiger partial charge on any atom is -0.397 e. The van der Waals surface area contributed by atoms with Crippen molar-refractivity contribution in [1.29, 1.82) is 0 Å². The van der Waals surface area contributed by atoms with Crippen LogP contribution in [-0.4, -0.2) is 4.98 Å². The maximum absolute atomic E-state index is 11.7. The summed E-state index contributed by atoms with van der Waals surface area (Å²) in [5.74, 6) is 0. The van der Waals surface area contributed by atoms with Gasteiger partial charge in [0, 0.05) is 6.20 Å². The van der Waals surface area contributed by atoms with Crippen LogP contribution in [0.3, 0.4) is 0 Å². The number of nitrogen functional groups attached to an aromatic ring is 1. The number of hydrogen-bond donors (Lipinski definition) is 1. The van der Waals surface area contributed by atoms with Gasteiger partial charge in [0.1, 0.15) is 5.69 Å². The van der Waals surface area contributed by atoms with E-state index in [2.05, 4.69) is 4.98 Å². The third-order valence-electron chi connectivity index (χ3n) is 1.01. The van der Waals surface area contributed by atoms with Crippen molar-refractivity contribution in [2.75, 3.05) is 11.1 Å². The van der Waals surface area contributed by atoms with Crippen LogP contribution < -0.4 is 11.1 Å². The summed E-state index contributed by atoms with van der Waals surface area (Å²) in [6.07, 6.45) is 2.34. The van der Waals surface area contributed by atoms with Crippen LogP contribution in [0.25, 0.3) is 0 Å². The highest BCUT2D eigenvalue weighted by molar-refractivity contribution is 5.62. The normalized spacial score (nSPS) is 9.40. The van der Waals surface area contributed by atoms with Crippen LogP contribution in [-0.2, 0) is 0 Å². The van der Waals surface area contributed by atoms with E-state index in [1.807, 2.05) is 0 Å². The molecule has 0 amide bonds. The molecule has 2 N–H and O–H groups in total. The lowest BCUT2D eigenvalue weighted by molar-refractivity contribution is 0.235. The highest BCUT2D eigenvalue weighted by atomic mass is 19.4. The lowest BCUT2D eigenvalue weighted by Gasteiger charge is -2.02. The molecule has 0 fully saturated rings. The number of nitrogens with zero attached hydrogens (tertiary/aromatic N) is 2. The Hall–Kier alpha value is -1.39. The third kappa shape index (κ3) is 1.12. The van der Waals surface area contributed by atoms with Crippen LogP contribution in [0.1, 0.15) is 0 Å². The molecule has 10 heavy (non-hydrogen) atoms. The molecule has 1 aromatic heterocycles. The second-order valence-electron chi connectivity index (χ2n) is 1.67. The van der Waals surface area contributed by atoms with E-state index >= 15 is 0 Å². The second kappa shape index (κ2) is 2.47. The topological polar surface area (TPSA) is 42.1 Å². The molecule has 3 nitrogen and oxygen atoms in total. The maximum atomic E-state index is 11.7. The van der Waals surface area contributed by atoms with Crippen molar-refractivity contribution in [3.63, 3.8) is 0 Å². The Labute approximate surface area is 56.0 Å². The monoisotopic (exact) mass is 145 g/mol. The Morgan fingerprint density at radius 1 is 1.50 bits per heavy atom. The Kier molecular flexibility index (Phi) is 1.66. The highest BCUT2D eigenvalue weighted by Crippen LogP contribution is 2.20. The molecule has 0 spiro atoms. The molecule has 0 atom stereocenters. The van der Waals surface area contributed by atoms with Crippen LogP contribution in [0.15, 0.2) is 18.5 Å². The number of hydrogen-bond acceptors (Lipinski definition) is 3. The fraction of sp³-hybridized carbons (Fsp3) is 0. The first-order chi connectivity index (χ1) is 4.72. The Morgan fingerprint density at radius 2 is 2.20 bits per heavy atom. The first-order valence-electron chi connectivity index (χ1n) is 2.53. The second-order valence-corrected chi connectivity index (χ2v) is 1.67. The van der Waals surface area contributed by atoms with Gasteiger partial charge in [0.2, 0.25) is 0 Å². The van der Waals surface area contributed by atoms with Crippen molar-refractivity contribution < 1.29 is 8.96 Å². The van der Waals surface area contributed by atoms with Gasteiger partial charge in [-0.1, -0.05) is 8.96 Å². The molecule has 0 aliphatic rings. The standard InChI is InChI=1S/C5H5F2N3/c6-10(7)5-3-9-2-1-4(5)8/h1-3H,(H2,8,9). The molecule has 0 unspecified atom stereocenters. The summed E-state index contributed by atoms with van der Waals surface area (Å²) in [7, 11) is 0. The zero-order valence-corrected chi connectivity index (χ0v) is 4.96. The fourth-order valence-corrected chi connectivity index (χ4v) is 0.538. The first kappa shape index (κ1) is 6.73. The van der Waals surface area contributed by atoms with Crippen molar-refractivity contribution in [1.82, 2.24) is 4.98 Å². The van der Waals surface area contributed by atoms with Gasteiger partial charge < -0.3 is 5.73 Å². The summed E-state index contributed by atoms with van der Waals surface area (Å²) < 4.78 is 23.5. The quantitative estimate of drug-likeness (QED) is 0.604. The van der Waals surface area contributed by atoms with Crippen LogP contribution in [0.2, 0.25) is 0 Å². The van der Waals surface area contributed by atoms with Crippen molar-refractivity contribution in [3.8, 4) is 0 Å². The zero-order chi connectivity index (χ0) is 7.56. The molecule has 1 heterocycles. The van der Waals surface area contributed by atoms with Crippen LogP contribution in [0.5, 0.6) is 0 Å². The molecular formula is C5H5F2N3. The molecular weight excluding hydrogens is 140 g/mol. The van der Waals surface area contributed by atoms with Crippen LogP contribution in [0, 0.1) is 0 Å². The number of aromatic nitrogens is 1. The van der Waals surface area contributed by atoms with Gasteiger partial charge in [-0.3, -0.25) is 4.98 Å². The zero-order valence-electron chi connectivity index (χ0n) is 4.96. The minimum absolute atomic E-state index is 0.0139. The van der Waals surface area contributed by atoms with E-state index in [1.165, 1.54) is 12.3 Å². The average molecular weight is 145 g/mol. The highest BCUT2D eigenvalue weighted by Gasteiger charge is 2.05. The van der Waals surface area contributed by atoms with E-state index in [0.717, 1.165) is 6.20 Å². The lowest BCUT2D eigenvalue weighted by Crippen LogP contribution is -2.00. The average Bonchev–Trinajstić information content (AvgIpc) is 1.88. The van der Waals surface area contributed by atoms with Crippen LogP contribution in [0.4, 0.5) is 20.3 Å². The fourth-order valence-electron chi connectivity index (χ4n) is 0.538. The Morgan fingerprint density at radius 3 is 2.60 bits per heavy atom. The molecule has 0 bridgehead atoms. The molecule has 0 saturated carbocycles. The number of anilines is 2. The van der Waals surface area contributed by atoms with Gasteiger partial charge in [-0.05, 0) is 11.4 Å². The smallest absolute Gasteiger partial charge is 0.146 e. The summed E-state index contributed by atoms with van der Waals surface area (Å²) >= 11 is 0. The van der Waals surface area contributed by atoms with E-state index in [9.17, 15) is 8.96 Å². The molecule has 0 radical (unpaired) electrons. The summed E-state index contributed by atoms with van der Waals surface area (Å²) in [5.41, 5.74) is 4.80. The van der Waals surface area contributed by atoms with Gasteiger partial charge in [0.25, 0.3) is 0 Å². The van der Waals surface area contributed by atoms with Gasteiger partial charge in [-0.15, -0.1) is 0 Å². The largest absolute Gasteiger partial charge is 0.397 e. The van der Waals surface area contributed by atoms with Crippen LogP contribution >= 0.6 is 0 Å². The van der Waals surface area contributed by atoms with Crippen molar-refractivity contribution in [2.45, 2.75) is 0 Å². The van der Waals surface area contributed by atoms with E-state index in [1.54, 1.807) is 0 Å². The number of pyridine rings is 1. The predicted molar refractivity (Wildman–Crippen MR) is 33.3 cm³/mol. The number of halogens is 2. The van der Waals surface area contributed by atoms with Gasteiger partial charge in [-0.2, -0.15) is 0 Å².